The molecule has 0 fully saturated rings. The largest absolute Gasteiger partial charge is 0.411 e. The number of anilines is 1. The van der Waals surface area contributed by atoms with Crippen molar-refractivity contribution in [1.29, 1.82) is 0 Å². The summed E-state index contributed by atoms with van der Waals surface area (Å²) in [5, 5.41) is 16.3. The first kappa shape index (κ1) is 21.2. The van der Waals surface area contributed by atoms with Crippen molar-refractivity contribution < 1.29 is 19.1 Å². The molecule has 154 valence electrons. The van der Waals surface area contributed by atoms with Crippen molar-refractivity contribution in [3.05, 3.63) is 58.0 Å². The van der Waals surface area contributed by atoms with Gasteiger partial charge in [0.1, 0.15) is 17.5 Å². The highest BCUT2D eigenvalue weighted by atomic mass is 35.5. The lowest BCUT2D eigenvalue weighted by Gasteiger charge is -2.09. The Morgan fingerprint density at radius 3 is 2.93 bits per heavy atom. The second-order valence-corrected chi connectivity index (χ2v) is 6.80. The van der Waals surface area contributed by atoms with E-state index in [4.69, 9.17) is 21.1 Å². The molecule has 0 saturated carbocycles. The van der Waals surface area contributed by atoms with E-state index in [1.54, 1.807) is 25.4 Å². The standard InChI is InChI=1S/C20H22ClFN4O3/c1-28-8-9-29-7-6-23-19-12-15-14(4-5-24-20(15)25-19)18(26-27)11-13-2-3-17(22)16(21)10-13/h2-5,10,27H,6-9,11-12H2,1H3,(H,23,24,25)/b26-18+. The van der Waals surface area contributed by atoms with Crippen LogP contribution in [0.5, 0.6) is 0 Å². The van der Waals surface area contributed by atoms with E-state index in [2.05, 4.69) is 20.4 Å². The number of ether oxygens (including phenoxy) is 2. The number of fused-ring (bicyclic) bond motifs is 1. The molecular weight excluding hydrogens is 399 g/mol. The maximum absolute atomic E-state index is 13.4. The maximum Gasteiger partial charge on any atom is 0.141 e. The Labute approximate surface area is 173 Å². The summed E-state index contributed by atoms with van der Waals surface area (Å²) in [5.41, 5.74) is 2.83. The number of nitrogens with one attached hydrogen (secondary N) is 1. The van der Waals surface area contributed by atoms with Gasteiger partial charge in [0.15, 0.2) is 0 Å². The summed E-state index contributed by atoms with van der Waals surface area (Å²) in [6, 6.07) is 6.23. The summed E-state index contributed by atoms with van der Waals surface area (Å²) in [5.74, 6) is 0.969. The number of hydrogen-bond donors (Lipinski definition) is 2. The molecule has 7 nitrogen and oxygen atoms in total. The number of pyridine rings is 1. The van der Waals surface area contributed by atoms with Crippen molar-refractivity contribution >= 4 is 29.0 Å². The zero-order valence-electron chi connectivity index (χ0n) is 16.0. The zero-order valence-corrected chi connectivity index (χ0v) is 16.7. The summed E-state index contributed by atoms with van der Waals surface area (Å²) in [4.78, 5) is 8.85. The number of rotatable bonds is 9. The van der Waals surface area contributed by atoms with Gasteiger partial charge in [0.05, 0.1) is 37.1 Å². The fourth-order valence-corrected chi connectivity index (χ4v) is 3.21. The van der Waals surface area contributed by atoms with Gasteiger partial charge >= 0.3 is 0 Å². The van der Waals surface area contributed by atoms with Gasteiger partial charge in [0.2, 0.25) is 0 Å². The number of methoxy groups -OCH3 is 1. The summed E-state index contributed by atoms with van der Waals surface area (Å²) in [6.07, 6.45) is 2.48. The van der Waals surface area contributed by atoms with Gasteiger partial charge in [-0.1, -0.05) is 22.8 Å². The first-order valence-electron chi connectivity index (χ1n) is 9.12. The van der Waals surface area contributed by atoms with Gasteiger partial charge in [0.25, 0.3) is 0 Å². The summed E-state index contributed by atoms with van der Waals surface area (Å²) >= 11 is 5.86. The van der Waals surface area contributed by atoms with Crippen LogP contribution in [0.4, 0.5) is 10.2 Å². The molecule has 1 aliphatic heterocycles. The van der Waals surface area contributed by atoms with Crippen LogP contribution in [0.25, 0.3) is 0 Å². The van der Waals surface area contributed by atoms with Crippen LogP contribution in [0.3, 0.4) is 0 Å². The van der Waals surface area contributed by atoms with Crippen molar-refractivity contribution in [3.63, 3.8) is 0 Å². The Bertz CT molecular complexity index is 921. The lowest BCUT2D eigenvalue weighted by atomic mass is 9.98. The number of nitrogens with zero attached hydrogens (tertiary/aromatic N) is 3. The summed E-state index contributed by atoms with van der Waals surface area (Å²) < 4.78 is 23.7. The topological polar surface area (TPSA) is 88.3 Å². The molecule has 1 aromatic carbocycles. The molecule has 0 radical (unpaired) electrons. The van der Waals surface area contributed by atoms with Crippen LogP contribution in [0.2, 0.25) is 5.02 Å². The molecule has 1 aliphatic rings. The Hall–Kier alpha value is -2.55. The quantitative estimate of drug-likeness (QED) is 0.281. The second kappa shape index (κ2) is 10.3. The minimum absolute atomic E-state index is 0.0311. The molecule has 0 bridgehead atoms. The minimum atomic E-state index is -0.487. The molecule has 3 rings (SSSR count). The fourth-order valence-electron chi connectivity index (χ4n) is 3.01. The van der Waals surface area contributed by atoms with Crippen LogP contribution in [0, 0.1) is 5.82 Å². The third-order valence-electron chi connectivity index (χ3n) is 4.42. The SMILES string of the molecule is COCCOCCN=C1Cc2c(/C(Cc3ccc(F)c(Cl)c3)=N/O)ccnc2N1. The third-order valence-corrected chi connectivity index (χ3v) is 4.71. The predicted molar refractivity (Wildman–Crippen MR) is 110 cm³/mol. The van der Waals surface area contributed by atoms with Gasteiger partial charge in [-0.25, -0.2) is 9.37 Å². The Kier molecular flexibility index (Phi) is 7.51. The molecule has 0 amide bonds. The van der Waals surface area contributed by atoms with E-state index in [0.717, 1.165) is 22.5 Å². The number of aromatic nitrogens is 1. The number of amidine groups is 1. The highest BCUT2D eigenvalue weighted by molar-refractivity contribution is 6.30. The molecule has 0 saturated heterocycles. The molecule has 2 N–H and O–H groups in total. The first-order chi connectivity index (χ1) is 14.1. The van der Waals surface area contributed by atoms with E-state index < -0.39 is 5.82 Å². The van der Waals surface area contributed by atoms with Gasteiger partial charge in [-0.05, 0) is 23.8 Å². The average molecular weight is 421 g/mol. The van der Waals surface area contributed by atoms with Crippen molar-refractivity contribution in [1.82, 2.24) is 4.98 Å². The Morgan fingerprint density at radius 2 is 2.17 bits per heavy atom. The molecule has 0 spiro atoms. The van der Waals surface area contributed by atoms with Gasteiger partial charge in [0, 0.05) is 37.3 Å². The van der Waals surface area contributed by atoms with E-state index >= 15 is 0 Å². The van der Waals surface area contributed by atoms with E-state index in [1.165, 1.54) is 12.1 Å². The van der Waals surface area contributed by atoms with Gasteiger partial charge in [-0.3, -0.25) is 4.99 Å². The van der Waals surface area contributed by atoms with Crippen molar-refractivity contribution in [2.75, 3.05) is 38.8 Å². The molecular formula is C20H22ClFN4O3. The average Bonchev–Trinajstić information content (AvgIpc) is 3.14. The molecule has 9 heteroatoms. The second-order valence-electron chi connectivity index (χ2n) is 6.39. The number of benzene rings is 1. The molecule has 29 heavy (non-hydrogen) atoms. The molecule has 0 atom stereocenters. The van der Waals surface area contributed by atoms with Crippen LogP contribution in [0.15, 0.2) is 40.6 Å². The highest BCUT2D eigenvalue weighted by Gasteiger charge is 2.23. The maximum atomic E-state index is 13.4. The van der Waals surface area contributed by atoms with Crippen LogP contribution in [0.1, 0.15) is 16.7 Å². The van der Waals surface area contributed by atoms with E-state index in [-0.39, 0.29) is 5.02 Å². The highest BCUT2D eigenvalue weighted by Crippen LogP contribution is 2.26. The van der Waals surface area contributed by atoms with Crippen molar-refractivity contribution in [3.8, 4) is 0 Å². The zero-order chi connectivity index (χ0) is 20.6. The van der Waals surface area contributed by atoms with Gasteiger partial charge in [-0.15, -0.1) is 0 Å². The smallest absolute Gasteiger partial charge is 0.141 e. The number of aliphatic imine (C=N–C) groups is 1. The number of hydrogen-bond acceptors (Lipinski definition) is 6. The van der Waals surface area contributed by atoms with Crippen molar-refractivity contribution in [2.24, 2.45) is 10.1 Å². The number of oxime groups is 1. The van der Waals surface area contributed by atoms with Crippen LogP contribution >= 0.6 is 11.6 Å². The Balaban J connectivity index is 1.70. The van der Waals surface area contributed by atoms with Crippen LogP contribution < -0.4 is 5.32 Å². The summed E-state index contributed by atoms with van der Waals surface area (Å²) in [6.45, 7) is 2.10. The molecule has 0 unspecified atom stereocenters. The monoisotopic (exact) mass is 420 g/mol. The van der Waals surface area contributed by atoms with Gasteiger partial charge in [-0.2, -0.15) is 0 Å². The van der Waals surface area contributed by atoms with Crippen LogP contribution in [-0.2, 0) is 22.3 Å². The molecule has 2 aromatic rings. The van der Waals surface area contributed by atoms with E-state index in [1.807, 2.05) is 0 Å². The Morgan fingerprint density at radius 1 is 1.31 bits per heavy atom. The molecule has 1 aromatic heterocycles. The fraction of sp³-hybridized carbons (Fsp3) is 0.350. The van der Waals surface area contributed by atoms with E-state index in [9.17, 15) is 9.60 Å². The molecule has 2 heterocycles. The van der Waals surface area contributed by atoms with Crippen LogP contribution in [-0.4, -0.2) is 55.2 Å². The normalized spacial score (nSPS) is 14.9. The third kappa shape index (κ3) is 5.50. The predicted octanol–water partition coefficient (Wildman–Crippen LogP) is 3.32. The van der Waals surface area contributed by atoms with Crippen molar-refractivity contribution in [2.45, 2.75) is 12.8 Å². The first-order valence-corrected chi connectivity index (χ1v) is 9.50. The lowest BCUT2D eigenvalue weighted by molar-refractivity contribution is 0.0748. The minimum Gasteiger partial charge on any atom is -0.411 e. The molecule has 0 aliphatic carbocycles. The number of halogens is 2. The lowest BCUT2D eigenvalue weighted by Crippen LogP contribution is -2.11. The van der Waals surface area contributed by atoms with Gasteiger partial charge < -0.3 is 20.0 Å². The summed E-state index contributed by atoms with van der Waals surface area (Å²) in [7, 11) is 1.63. The van der Waals surface area contributed by atoms with E-state index in [0.29, 0.717) is 50.7 Å².